The van der Waals surface area contributed by atoms with Crippen LogP contribution in [-0.4, -0.2) is 62.3 Å². The van der Waals surface area contributed by atoms with Crippen LogP contribution in [0.2, 0.25) is 0 Å². The third-order valence-electron chi connectivity index (χ3n) is 5.46. The number of piperazine rings is 1. The van der Waals surface area contributed by atoms with E-state index in [0.29, 0.717) is 51.0 Å². The van der Waals surface area contributed by atoms with Gasteiger partial charge >= 0.3 is 0 Å². The van der Waals surface area contributed by atoms with Crippen LogP contribution in [0.4, 0.5) is 4.39 Å². The number of hydrogen-bond donors (Lipinski definition) is 1. The van der Waals surface area contributed by atoms with Crippen LogP contribution in [0.25, 0.3) is 0 Å². The predicted octanol–water partition coefficient (Wildman–Crippen LogP) is 1.11. The van der Waals surface area contributed by atoms with Crippen LogP contribution in [0.5, 0.6) is 0 Å². The molecule has 1 aromatic carbocycles. The van der Waals surface area contributed by atoms with Crippen molar-refractivity contribution in [3.8, 4) is 0 Å². The molecule has 1 atom stereocenters. The average molecular weight is 369 g/mol. The second kappa shape index (κ2) is 6.66. The number of carbonyl (C=O) groups excluding carboxylic acids is 1. The van der Waals surface area contributed by atoms with Gasteiger partial charge in [0.2, 0.25) is 15.9 Å². The summed E-state index contributed by atoms with van der Waals surface area (Å²) in [7, 11) is -1.80. The number of nitrogens with one attached hydrogen (secondary N) is 1. The summed E-state index contributed by atoms with van der Waals surface area (Å²) in [6.07, 6.45) is 1.70. The van der Waals surface area contributed by atoms with E-state index in [4.69, 9.17) is 0 Å². The zero-order valence-corrected chi connectivity index (χ0v) is 15.4. The van der Waals surface area contributed by atoms with Gasteiger partial charge in [-0.1, -0.05) is 6.07 Å². The fraction of sp³-hybridized carbons (Fsp3) is 0.588. The number of sulfonamides is 1. The fourth-order valence-electron chi connectivity index (χ4n) is 3.76. The minimum atomic E-state index is -3.78. The Bertz CT molecular complexity index is 783. The van der Waals surface area contributed by atoms with E-state index in [2.05, 4.69) is 10.2 Å². The Morgan fingerprint density at radius 2 is 2.00 bits per heavy atom. The van der Waals surface area contributed by atoms with Crippen molar-refractivity contribution in [3.05, 3.63) is 29.6 Å². The van der Waals surface area contributed by atoms with Crippen molar-refractivity contribution in [2.24, 2.45) is 0 Å². The lowest BCUT2D eigenvalue weighted by atomic mass is 9.87. The van der Waals surface area contributed by atoms with Crippen LogP contribution in [0.1, 0.15) is 24.8 Å². The van der Waals surface area contributed by atoms with Gasteiger partial charge in [0.15, 0.2) is 0 Å². The van der Waals surface area contributed by atoms with Crippen LogP contribution in [0.3, 0.4) is 0 Å². The molecule has 2 saturated heterocycles. The molecule has 1 N–H and O–H groups in total. The second-order valence-electron chi connectivity index (χ2n) is 6.99. The van der Waals surface area contributed by atoms with Crippen molar-refractivity contribution in [3.63, 3.8) is 0 Å². The molecule has 0 bridgehead atoms. The lowest BCUT2D eigenvalue weighted by Gasteiger charge is -2.48. The first-order valence-corrected chi connectivity index (χ1v) is 9.93. The summed E-state index contributed by atoms with van der Waals surface area (Å²) in [4.78, 5) is 13.9. The number of nitrogens with zero attached hydrogens (tertiary/aromatic N) is 2. The Morgan fingerprint density at radius 1 is 1.24 bits per heavy atom. The molecule has 138 valence electrons. The molecule has 0 aliphatic carbocycles. The van der Waals surface area contributed by atoms with Crippen molar-refractivity contribution in [1.29, 1.82) is 0 Å². The Kier molecular flexibility index (Phi) is 4.87. The number of likely N-dealkylation sites (N-methyl/N-ethyl adjacent to an activating group) is 1. The fourth-order valence-corrected chi connectivity index (χ4v) is 5.50. The standard InChI is InChI=1S/C17H24FN3O3S/c1-13-3-4-14(18)11-15(13)25(23,24)21-10-9-20(2)17(12-21)6-5-16(22)19-8-7-17/h3-4,11H,5-10,12H2,1-2H3,(H,19,22). The Hall–Kier alpha value is -1.51. The molecule has 2 aliphatic rings. The van der Waals surface area contributed by atoms with Gasteiger partial charge in [0, 0.05) is 38.1 Å². The van der Waals surface area contributed by atoms with E-state index in [9.17, 15) is 17.6 Å². The van der Waals surface area contributed by atoms with Crippen LogP contribution in [-0.2, 0) is 14.8 Å². The molecule has 6 nitrogen and oxygen atoms in total. The molecule has 0 saturated carbocycles. The van der Waals surface area contributed by atoms with E-state index in [1.54, 1.807) is 6.92 Å². The molecular formula is C17H24FN3O3S. The summed E-state index contributed by atoms with van der Waals surface area (Å²) in [5, 5.41) is 2.86. The maximum absolute atomic E-state index is 13.6. The number of amides is 1. The predicted molar refractivity (Wildman–Crippen MR) is 92.1 cm³/mol. The SMILES string of the molecule is Cc1ccc(F)cc1S(=O)(=O)N1CCN(C)C2(CCNC(=O)CC2)C1. The monoisotopic (exact) mass is 369 g/mol. The van der Waals surface area contributed by atoms with E-state index in [-0.39, 0.29) is 16.3 Å². The van der Waals surface area contributed by atoms with Gasteiger partial charge in [0.25, 0.3) is 0 Å². The molecule has 1 spiro atoms. The maximum atomic E-state index is 13.6. The largest absolute Gasteiger partial charge is 0.356 e. The van der Waals surface area contributed by atoms with Crippen LogP contribution >= 0.6 is 0 Å². The van der Waals surface area contributed by atoms with Crippen molar-refractivity contribution >= 4 is 15.9 Å². The number of rotatable bonds is 2. The summed E-state index contributed by atoms with van der Waals surface area (Å²) in [6.45, 7) is 3.47. The van der Waals surface area contributed by atoms with Gasteiger partial charge in [-0.05, 0) is 44.5 Å². The van der Waals surface area contributed by atoms with Crippen LogP contribution in [0.15, 0.2) is 23.1 Å². The van der Waals surface area contributed by atoms with Gasteiger partial charge in [-0.3, -0.25) is 9.69 Å². The third kappa shape index (κ3) is 3.43. The topological polar surface area (TPSA) is 69.7 Å². The van der Waals surface area contributed by atoms with Gasteiger partial charge in [-0.2, -0.15) is 4.31 Å². The van der Waals surface area contributed by atoms with Crippen LogP contribution < -0.4 is 5.32 Å². The minimum absolute atomic E-state index is 0.00577. The van der Waals surface area contributed by atoms with Gasteiger partial charge < -0.3 is 5.32 Å². The molecule has 1 aromatic rings. The summed E-state index contributed by atoms with van der Waals surface area (Å²) in [5.74, 6) is -0.552. The summed E-state index contributed by atoms with van der Waals surface area (Å²) in [6, 6.07) is 3.85. The maximum Gasteiger partial charge on any atom is 0.243 e. The van der Waals surface area contributed by atoms with Gasteiger partial charge in [0.05, 0.1) is 4.90 Å². The van der Waals surface area contributed by atoms with Gasteiger partial charge in [0.1, 0.15) is 5.82 Å². The van der Waals surface area contributed by atoms with E-state index < -0.39 is 15.8 Å². The van der Waals surface area contributed by atoms with E-state index in [0.717, 1.165) is 6.07 Å². The zero-order valence-electron chi connectivity index (χ0n) is 14.6. The molecule has 1 unspecified atom stereocenters. The highest BCUT2D eigenvalue weighted by atomic mass is 32.2. The smallest absolute Gasteiger partial charge is 0.243 e. The third-order valence-corrected chi connectivity index (χ3v) is 7.45. The van der Waals surface area contributed by atoms with E-state index >= 15 is 0 Å². The second-order valence-corrected chi connectivity index (χ2v) is 8.90. The Morgan fingerprint density at radius 3 is 2.76 bits per heavy atom. The quantitative estimate of drug-likeness (QED) is 0.848. The van der Waals surface area contributed by atoms with E-state index in [1.165, 1.54) is 16.4 Å². The Labute approximate surface area is 148 Å². The highest BCUT2D eigenvalue weighted by Crippen LogP contribution is 2.33. The van der Waals surface area contributed by atoms with Crippen molar-refractivity contribution in [1.82, 2.24) is 14.5 Å². The highest BCUT2D eigenvalue weighted by molar-refractivity contribution is 7.89. The van der Waals surface area contributed by atoms with Crippen molar-refractivity contribution < 1.29 is 17.6 Å². The number of benzene rings is 1. The molecule has 2 aliphatic heterocycles. The minimum Gasteiger partial charge on any atom is -0.356 e. The first kappa shape index (κ1) is 18.3. The molecule has 1 amide bonds. The lowest BCUT2D eigenvalue weighted by Crippen LogP contribution is -2.62. The first-order valence-electron chi connectivity index (χ1n) is 8.49. The van der Waals surface area contributed by atoms with Crippen molar-refractivity contribution in [2.75, 3.05) is 33.2 Å². The Balaban J connectivity index is 1.92. The van der Waals surface area contributed by atoms with Crippen LogP contribution in [0, 0.1) is 12.7 Å². The zero-order chi connectivity index (χ0) is 18.2. The summed E-state index contributed by atoms with van der Waals surface area (Å²) < 4.78 is 41.3. The number of halogens is 1. The molecular weight excluding hydrogens is 345 g/mol. The molecule has 25 heavy (non-hydrogen) atoms. The average Bonchev–Trinajstić information content (AvgIpc) is 2.75. The first-order chi connectivity index (χ1) is 11.7. The number of hydrogen-bond acceptors (Lipinski definition) is 4. The highest BCUT2D eigenvalue weighted by Gasteiger charge is 2.44. The summed E-state index contributed by atoms with van der Waals surface area (Å²) >= 11 is 0. The van der Waals surface area contributed by atoms with Gasteiger partial charge in [-0.15, -0.1) is 0 Å². The van der Waals surface area contributed by atoms with Crippen molar-refractivity contribution in [2.45, 2.75) is 36.6 Å². The van der Waals surface area contributed by atoms with Gasteiger partial charge in [-0.25, -0.2) is 12.8 Å². The molecule has 0 aromatic heterocycles. The normalized spacial score (nSPS) is 26.4. The van der Waals surface area contributed by atoms with E-state index in [1.807, 2.05) is 7.05 Å². The molecule has 2 heterocycles. The number of carbonyl (C=O) groups is 1. The molecule has 2 fully saturated rings. The number of aryl methyl sites for hydroxylation is 1. The molecule has 0 radical (unpaired) electrons. The molecule has 8 heteroatoms. The lowest BCUT2D eigenvalue weighted by molar-refractivity contribution is -0.121. The molecule has 3 rings (SSSR count). The summed E-state index contributed by atoms with van der Waals surface area (Å²) in [5.41, 5.74) is 0.165.